The molecule has 21 heavy (non-hydrogen) atoms. The number of ether oxygens (including phenoxy) is 1. The second-order valence-electron chi connectivity index (χ2n) is 6.53. The highest BCUT2D eigenvalue weighted by molar-refractivity contribution is 7.11. The summed E-state index contributed by atoms with van der Waals surface area (Å²) in [4.78, 5) is 2.62. The van der Waals surface area contributed by atoms with Gasteiger partial charge in [-0.3, -0.25) is 0 Å². The summed E-state index contributed by atoms with van der Waals surface area (Å²) in [7, 11) is 0. The number of hydrogen-bond donors (Lipinski definition) is 1. The van der Waals surface area contributed by atoms with E-state index in [1.807, 2.05) is 11.3 Å². The molecule has 2 aromatic rings. The van der Waals surface area contributed by atoms with Gasteiger partial charge in [0.1, 0.15) is 12.4 Å². The van der Waals surface area contributed by atoms with Gasteiger partial charge < -0.3 is 10.1 Å². The van der Waals surface area contributed by atoms with E-state index in [2.05, 4.69) is 70.3 Å². The van der Waals surface area contributed by atoms with Crippen molar-refractivity contribution in [3.8, 4) is 5.75 Å². The summed E-state index contributed by atoms with van der Waals surface area (Å²) in [5.74, 6) is 0.984. The molecule has 2 nitrogen and oxygen atoms in total. The summed E-state index contributed by atoms with van der Waals surface area (Å²) in [6.07, 6.45) is 0. The van der Waals surface area contributed by atoms with Gasteiger partial charge in [-0.25, -0.2) is 0 Å². The Kier molecular flexibility index (Phi) is 5.07. The summed E-state index contributed by atoms with van der Waals surface area (Å²) < 4.78 is 5.95. The van der Waals surface area contributed by atoms with E-state index >= 15 is 0 Å². The maximum atomic E-state index is 5.95. The van der Waals surface area contributed by atoms with Crippen molar-refractivity contribution in [2.75, 3.05) is 0 Å². The van der Waals surface area contributed by atoms with Gasteiger partial charge in [-0.1, -0.05) is 12.1 Å². The minimum atomic E-state index is 0.152. The predicted molar refractivity (Wildman–Crippen MR) is 91.2 cm³/mol. The molecule has 114 valence electrons. The lowest BCUT2D eigenvalue weighted by molar-refractivity contribution is 0.307. The molecule has 0 aliphatic carbocycles. The lowest BCUT2D eigenvalue weighted by atomic mass is 10.1. The van der Waals surface area contributed by atoms with E-state index in [1.165, 1.54) is 20.9 Å². The molecule has 1 N–H and O–H groups in total. The van der Waals surface area contributed by atoms with E-state index in [1.54, 1.807) is 0 Å². The van der Waals surface area contributed by atoms with Crippen LogP contribution in [-0.2, 0) is 13.2 Å². The van der Waals surface area contributed by atoms with Crippen molar-refractivity contribution in [2.45, 2.75) is 53.3 Å². The van der Waals surface area contributed by atoms with Crippen molar-refractivity contribution >= 4 is 11.3 Å². The number of benzene rings is 1. The second kappa shape index (κ2) is 6.63. The zero-order chi connectivity index (χ0) is 15.5. The minimum absolute atomic E-state index is 0.152. The van der Waals surface area contributed by atoms with Crippen molar-refractivity contribution in [1.82, 2.24) is 5.32 Å². The Morgan fingerprint density at radius 1 is 1.05 bits per heavy atom. The van der Waals surface area contributed by atoms with Gasteiger partial charge in [0.15, 0.2) is 0 Å². The number of hydrogen-bond acceptors (Lipinski definition) is 3. The molecule has 0 aliphatic heterocycles. The predicted octanol–water partition coefficient (Wildman–Crippen LogP) is 4.83. The van der Waals surface area contributed by atoms with Gasteiger partial charge in [-0.2, -0.15) is 0 Å². The van der Waals surface area contributed by atoms with Gasteiger partial charge in [0.25, 0.3) is 0 Å². The monoisotopic (exact) mass is 303 g/mol. The fourth-order valence-electron chi connectivity index (χ4n) is 1.96. The largest absolute Gasteiger partial charge is 0.488 e. The smallest absolute Gasteiger partial charge is 0.123 e. The van der Waals surface area contributed by atoms with Crippen molar-refractivity contribution < 1.29 is 4.74 Å². The molecule has 0 fully saturated rings. The molecule has 0 amide bonds. The minimum Gasteiger partial charge on any atom is -0.488 e. The van der Waals surface area contributed by atoms with E-state index in [4.69, 9.17) is 4.74 Å². The van der Waals surface area contributed by atoms with Crippen LogP contribution in [0.2, 0.25) is 0 Å². The topological polar surface area (TPSA) is 21.3 Å². The normalized spacial score (nSPS) is 11.7. The van der Waals surface area contributed by atoms with Crippen LogP contribution in [0.1, 0.15) is 41.7 Å². The molecule has 1 aromatic carbocycles. The molecule has 0 saturated carbocycles. The summed E-state index contributed by atoms with van der Waals surface area (Å²) in [5, 5.41) is 3.51. The van der Waals surface area contributed by atoms with Gasteiger partial charge in [-0.15, -0.1) is 11.3 Å². The number of rotatable bonds is 5. The highest BCUT2D eigenvalue weighted by Crippen LogP contribution is 2.23. The third-order valence-corrected chi connectivity index (χ3v) is 4.28. The number of nitrogens with one attached hydrogen (secondary N) is 1. The molecule has 0 spiro atoms. The van der Waals surface area contributed by atoms with Crippen LogP contribution in [0.4, 0.5) is 0 Å². The molecular formula is C18H25NOS. The van der Waals surface area contributed by atoms with Crippen molar-refractivity contribution in [2.24, 2.45) is 0 Å². The zero-order valence-electron chi connectivity index (χ0n) is 13.6. The Balaban J connectivity index is 1.92. The first-order valence-electron chi connectivity index (χ1n) is 7.36. The van der Waals surface area contributed by atoms with Gasteiger partial charge in [0.2, 0.25) is 0 Å². The average molecular weight is 303 g/mol. The average Bonchev–Trinajstić information content (AvgIpc) is 2.85. The number of aryl methyl sites for hydroxylation is 2. The van der Waals surface area contributed by atoms with Gasteiger partial charge in [-0.05, 0) is 63.9 Å². The molecule has 0 atom stereocenters. The lowest BCUT2D eigenvalue weighted by Crippen LogP contribution is -2.34. The van der Waals surface area contributed by atoms with Crippen LogP contribution >= 0.6 is 11.3 Å². The van der Waals surface area contributed by atoms with Gasteiger partial charge in [0, 0.05) is 21.8 Å². The Morgan fingerprint density at radius 2 is 1.76 bits per heavy atom. The quantitative estimate of drug-likeness (QED) is 0.854. The molecular weight excluding hydrogens is 278 g/mol. The molecule has 0 unspecified atom stereocenters. The fourth-order valence-corrected chi connectivity index (χ4v) is 2.83. The Morgan fingerprint density at radius 3 is 2.48 bits per heavy atom. The van der Waals surface area contributed by atoms with Crippen LogP contribution < -0.4 is 10.1 Å². The third-order valence-electron chi connectivity index (χ3n) is 3.22. The summed E-state index contributed by atoms with van der Waals surface area (Å²) >= 11 is 1.82. The first kappa shape index (κ1) is 16.1. The molecule has 0 saturated heterocycles. The van der Waals surface area contributed by atoms with E-state index in [9.17, 15) is 0 Å². The summed E-state index contributed by atoms with van der Waals surface area (Å²) in [6.45, 7) is 12.3. The van der Waals surface area contributed by atoms with Crippen LogP contribution in [0, 0.1) is 13.8 Å². The molecule has 3 heteroatoms. The van der Waals surface area contributed by atoms with Crippen LogP contribution in [0.3, 0.4) is 0 Å². The van der Waals surface area contributed by atoms with E-state index in [-0.39, 0.29) is 5.54 Å². The Hall–Kier alpha value is -1.32. The molecule has 0 aliphatic rings. The fraction of sp³-hybridized carbons (Fsp3) is 0.444. The highest BCUT2D eigenvalue weighted by atomic mass is 32.1. The van der Waals surface area contributed by atoms with Crippen molar-refractivity contribution in [3.05, 3.63) is 51.2 Å². The van der Waals surface area contributed by atoms with Crippen LogP contribution in [0.25, 0.3) is 0 Å². The maximum Gasteiger partial charge on any atom is 0.123 e. The van der Waals surface area contributed by atoms with Crippen LogP contribution in [0.15, 0.2) is 30.3 Å². The molecule has 0 bridgehead atoms. The SMILES string of the molecule is Cc1ccc(C)c(OCc2ccc(CNC(C)(C)C)s2)c1. The Bertz CT molecular complexity index is 596. The number of thiophene rings is 1. The van der Waals surface area contributed by atoms with Crippen molar-refractivity contribution in [1.29, 1.82) is 0 Å². The molecule has 1 heterocycles. The van der Waals surface area contributed by atoms with E-state index < -0.39 is 0 Å². The van der Waals surface area contributed by atoms with Crippen molar-refractivity contribution in [3.63, 3.8) is 0 Å². The third kappa shape index (κ3) is 5.18. The molecule has 0 radical (unpaired) electrons. The van der Waals surface area contributed by atoms with E-state index in [0.717, 1.165) is 12.3 Å². The highest BCUT2D eigenvalue weighted by Gasteiger charge is 2.09. The van der Waals surface area contributed by atoms with Gasteiger partial charge in [0.05, 0.1) is 0 Å². The summed E-state index contributed by atoms with van der Waals surface area (Å²) in [6, 6.07) is 10.7. The standard InChI is InChI=1S/C18H25NOS/c1-13-6-7-14(2)17(10-13)20-12-16-9-8-15(21-16)11-19-18(3,4)5/h6-10,19H,11-12H2,1-5H3. The molecule has 2 rings (SSSR count). The lowest BCUT2D eigenvalue weighted by Gasteiger charge is -2.19. The Labute approximate surface area is 132 Å². The van der Waals surface area contributed by atoms with E-state index in [0.29, 0.717) is 6.61 Å². The van der Waals surface area contributed by atoms with Crippen LogP contribution in [-0.4, -0.2) is 5.54 Å². The van der Waals surface area contributed by atoms with Crippen LogP contribution in [0.5, 0.6) is 5.75 Å². The zero-order valence-corrected chi connectivity index (χ0v) is 14.4. The first-order valence-corrected chi connectivity index (χ1v) is 8.18. The molecule has 1 aromatic heterocycles. The summed E-state index contributed by atoms with van der Waals surface area (Å²) in [5.41, 5.74) is 2.57. The first-order chi connectivity index (χ1) is 9.83. The van der Waals surface area contributed by atoms with Gasteiger partial charge >= 0.3 is 0 Å². The second-order valence-corrected chi connectivity index (χ2v) is 7.78. The maximum absolute atomic E-state index is 5.95.